The summed E-state index contributed by atoms with van der Waals surface area (Å²) in [5.74, 6) is -0.196. The minimum Gasteiger partial charge on any atom is -0.503 e. The number of nitrogens with one attached hydrogen (secondary N) is 1. The van der Waals surface area contributed by atoms with Crippen LogP contribution < -0.4 is 15.9 Å². The molecule has 0 aliphatic heterocycles. The van der Waals surface area contributed by atoms with E-state index in [4.69, 9.17) is 10.5 Å². The highest BCUT2D eigenvalue weighted by Gasteiger charge is 2.08. The van der Waals surface area contributed by atoms with Crippen molar-refractivity contribution >= 4 is 34.0 Å². The lowest BCUT2D eigenvalue weighted by Gasteiger charge is -2.06. The zero-order chi connectivity index (χ0) is 16.1. The summed E-state index contributed by atoms with van der Waals surface area (Å²) in [6.07, 6.45) is 1.40. The van der Waals surface area contributed by atoms with Crippen molar-refractivity contribution in [3.63, 3.8) is 0 Å². The van der Waals surface area contributed by atoms with Crippen molar-refractivity contribution in [2.45, 2.75) is 6.54 Å². The number of tetrazole rings is 1. The number of ether oxygens (including phenoxy) is 1. The van der Waals surface area contributed by atoms with Crippen LogP contribution in [0.25, 0.3) is 0 Å². The Hall–Kier alpha value is -2.69. The number of hydrogen-bond donors (Lipinski definition) is 3. The van der Waals surface area contributed by atoms with Crippen molar-refractivity contribution < 1.29 is 14.6 Å². The molecule has 10 nitrogen and oxygen atoms in total. The molecule has 22 heavy (non-hydrogen) atoms. The van der Waals surface area contributed by atoms with E-state index in [1.165, 1.54) is 13.3 Å². The summed E-state index contributed by atoms with van der Waals surface area (Å²) in [4.78, 5) is 12.6. The molecular weight excluding hydrogens is 358 g/mol. The molecule has 1 amide bonds. The number of carbonyl (C=O) groups excluding carboxylic acids is 1. The molecule has 0 fully saturated rings. The fourth-order valence-electron chi connectivity index (χ4n) is 1.49. The highest BCUT2D eigenvalue weighted by atomic mass is 79.9. The molecule has 1 aromatic carbocycles. The van der Waals surface area contributed by atoms with Gasteiger partial charge < -0.3 is 15.6 Å². The number of hydrogen-bond acceptors (Lipinski definition) is 8. The van der Waals surface area contributed by atoms with Crippen molar-refractivity contribution in [3.8, 4) is 11.5 Å². The molecular formula is C11H12BrN7O3. The van der Waals surface area contributed by atoms with Gasteiger partial charge in [0.05, 0.1) is 17.8 Å². The Morgan fingerprint density at radius 1 is 1.64 bits per heavy atom. The van der Waals surface area contributed by atoms with Crippen molar-refractivity contribution in [2.75, 3.05) is 12.8 Å². The van der Waals surface area contributed by atoms with Crippen LogP contribution in [-0.4, -0.2) is 44.5 Å². The van der Waals surface area contributed by atoms with Crippen LogP contribution in [0.1, 0.15) is 5.56 Å². The zero-order valence-corrected chi connectivity index (χ0v) is 13.0. The summed E-state index contributed by atoms with van der Waals surface area (Å²) in [7, 11) is 1.43. The van der Waals surface area contributed by atoms with E-state index in [0.717, 1.165) is 4.80 Å². The van der Waals surface area contributed by atoms with Gasteiger partial charge in [-0.3, -0.25) is 4.79 Å². The molecule has 2 aromatic rings. The smallest absolute Gasteiger partial charge is 0.263 e. The minimum absolute atomic E-state index is 0.0152. The van der Waals surface area contributed by atoms with Gasteiger partial charge in [0, 0.05) is 0 Å². The van der Waals surface area contributed by atoms with Gasteiger partial charge in [-0.25, -0.2) is 5.43 Å². The summed E-state index contributed by atoms with van der Waals surface area (Å²) in [6, 6.07) is 3.18. The second-order valence-corrected chi connectivity index (χ2v) is 4.88. The third-order valence-electron chi connectivity index (χ3n) is 2.43. The number of nitrogen functional groups attached to an aromatic ring is 1. The Balaban J connectivity index is 1.97. The Morgan fingerprint density at radius 3 is 3.05 bits per heavy atom. The lowest BCUT2D eigenvalue weighted by Crippen LogP contribution is -2.24. The van der Waals surface area contributed by atoms with Crippen LogP contribution in [0.15, 0.2) is 21.7 Å². The number of carbonyl (C=O) groups is 1. The van der Waals surface area contributed by atoms with E-state index < -0.39 is 5.91 Å². The van der Waals surface area contributed by atoms with Gasteiger partial charge in [0.25, 0.3) is 11.9 Å². The summed E-state index contributed by atoms with van der Waals surface area (Å²) in [5.41, 5.74) is 8.20. The highest BCUT2D eigenvalue weighted by Crippen LogP contribution is 2.34. The second-order valence-electron chi connectivity index (χ2n) is 4.02. The summed E-state index contributed by atoms with van der Waals surface area (Å²) in [5, 5.41) is 24.1. The average molecular weight is 370 g/mol. The summed E-state index contributed by atoms with van der Waals surface area (Å²) in [6.45, 7) is -0.163. The van der Waals surface area contributed by atoms with Crippen molar-refractivity contribution in [1.29, 1.82) is 0 Å². The predicted octanol–water partition coefficient (Wildman–Crippen LogP) is -0.118. The monoisotopic (exact) mass is 369 g/mol. The number of nitrogens with two attached hydrogens (primary N) is 1. The number of benzene rings is 1. The zero-order valence-electron chi connectivity index (χ0n) is 11.4. The summed E-state index contributed by atoms with van der Waals surface area (Å²) >= 11 is 3.19. The van der Waals surface area contributed by atoms with Crippen LogP contribution in [0.5, 0.6) is 11.5 Å². The molecule has 0 saturated heterocycles. The molecule has 0 aliphatic carbocycles. The first-order chi connectivity index (χ1) is 10.5. The number of rotatable bonds is 5. The number of phenols is 1. The fraction of sp³-hybridized carbons (Fsp3) is 0.182. The largest absolute Gasteiger partial charge is 0.503 e. The first-order valence-electron chi connectivity index (χ1n) is 5.91. The maximum atomic E-state index is 11.6. The molecule has 0 radical (unpaired) electrons. The molecule has 0 spiro atoms. The predicted molar refractivity (Wildman–Crippen MR) is 80.3 cm³/mol. The minimum atomic E-state index is -0.446. The lowest BCUT2D eigenvalue weighted by molar-refractivity contribution is -0.122. The number of halogens is 1. The van der Waals surface area contributed by atoms with Gasteiger partial charge in [-0.1, -0.05) is 5.10 Å². The summed E-state index contributed by atoms with van der Waals surface area (Å²) < 4.78 is 5.45. The van der Waals surface area contributed by atoms with Gasteiger partial charge >= 0.3 is 0 Å². The number of aromatic nitrogens is 4. The van der Waals surface area contributed by atoms with E-state index >= 15 is 0 Å². The van der Waals surface area contributed by atoms with Crippen molar-refractivity contribution in [3.05, 3.63) is 22.2 Å². The van der Waals surface area contributed by atoms with Crippen LogP contribution in [-0.2, 0) is 11.3 Å². The molecule has 1 heterocycles. The lowest BCUT2D eigenvalue weighted by atomic mass is 10.2. The number of methoxy groups -OCH3 is 1. The second kappa shape index (κ2) is 6.85. The molecule has 116 valence electrons. The van der Waals surface area contributed by atoms with Gasteiger partial charge in [0.2, 0.25) is 0 Å². The van der Waals surface area contributed by atoms with E-state index in [1.807, 2.05) is 0 Å². The SMILES string of the molecule is COc1cc(/C=N/NC(=O)Cn2nnc(N)n2)cc(Br)c1O. The van der Waals surface area contributed by atoms with Crippen LogP contribution in [0, 0.1) is 0 Å². The van der Waals surface area contributed by atoms with Gasteiger partial charge in [-0.2, -0.15) is 9.90 Å². The number of nitrogens with zero attached hydrogens (tertiary/aromatic N) is 5. The number of hydrazone groups is 1. The van der Waals surface area contributed by atoms with Crippen LogP contribution in [0.2, 0.25) is 0 Å². The Kier molecular flexibility index (Phi) is 4.88. The Morgan fingerprint density at radius 2 is 2.41 bits per heavy atom. The van der Waals surface area contributed by atoms with Gasteiger partial charge in [0.1, 0.15) is 6.54 Å². The number of anilines is 1. The molecule has 1 aromatic heterocycles. The van der Waals surface area contributed by atoms with E-state index in [9.17, 15) is 9.90 Å². The van der Waals surface area contributed by atoms with Crippen LogP contribution >= 0.6 is 15.9 Å². The van der Waals surface area contributed by atoms with Crippen molar-refractivity contribution in [2.24, 2.45) is 5.10 Å². The van der Waals surface area contributed by atoms with E-state index in [1.54, 1.807) is 12.1 Å². The Labute approximate surface area is 133 Å². The molecule has 4 N–H and O–H groups in total. The van der Waals surface area contributed by atoms with E-state index in [2.05, 4.69) is 41.9 Å². The maximum absolute atomic E-state index is 11.6. The van der Waals surface area contributed by atoms with Gasteiger partial charge in [-0.15, -0.1) is 5.10 Å². The molecule has 0 bridgehead atoms. The fourth-order valence-corrected chi connectivity index (χ4v) is 1.95. The normalized spacial score (nSPS) is 10.8. The first-order valence-corrected chi connectivity index (χ1v) is 6.70. The molecule has 0 saturated carbocycles. The molecule has 0 aliphatic rings. The maximum Gasteiger partial charge on any atom is 0.263 e. The highest BCUT2D eigenvalue weighted by molar-refractivity contribution is 9.10. The molecule has 0 unspecified atom stereocenters. The van der Waals surface area contributed by atoms with Crippen LogP contribution in [0.4, 0.5) is 5.95 Å². The van der Waals surface area contributed by atoms with Gasteiger partial charge in [-0.05, 0) is 38.8 Å². The third kappa shape index (κ3) is 3.91. The first kappa shape index (κ1) is 15.7. The van der Waals surface area contributed by atoms with Crippen LogP contribution in [0.3, 0.4) is 0 Å². The van der Waals surface area contributed by atoms with E-state index in [-0.39, 0.29) is 24.0 Å². The molecule has 2 rings (SSSR count). The molecule has 11 heteroatoms. The Bertz CT molecular complexity index is 716. The number of aromatic hydroxyl groups is 1. The number of amides is 1. The van der Waals surface area contributed by atoms with E-state index in [0.29, 0.717) is 10.0 Å². The molecule has 0 atom stereocenters. The number of phenolic OH excluding ortho intramolecular Hbond substituents is 1. The quantitative estimate of drug-likeness (QED) is 0.492. The van der Waals surface area contributed by atoms with Gasteiger partial charge in [0.15, 0.2) is 11.5 Å². The standard InChI is InChI=1S/C11H12BrN7O3/c1-22-8-3-6(2-7(12)10(8)21)4-14-15-9(20)5-19-17-11(13)16-18-19/h2-4,21H,5H2,1H3,(H2,13,17)(H,15,20)/b14-4+. The third-order valence-corrected chi connectivity index (χ3v) is 3.03. The topological polar surface area (TPSA) is 141 Å². The van der Waals surface area contributed by atoms with Crippen molar-refractivity contribution in [1.82, 2.24) is 25.6 Å². The average Bonchev–Trinajstić information content (AvgIpc) is 2.87.